The molecular weight excluding hydrogens is 484 g/mol. The fourth-order valence-corrected chi connectivity index (χ4v) is 6.38. The molecule has 0 aliphatic heterocycles. The third-order valence-electron chi connectivity index (χ3n) is 6.36. The first-order valence-electron chi connectivity index (χ1n) is 12.6. The van der Waals surface area contributed by atoms with E-state index in [1.54, 1.807) is 23.1 Å². The maximum atomic E-state index is 14.5. The number of ketones is 2. The average molecular weight is 517 g/mol. The SMILES string of the molecule is CCCN(CCC)C1=C(S(=O)(=O)N(Cc2ccccc2)Cc2ccccc2)C(=O)c2ccccc2C1=O. The lowest BCUT2D eigenvalue weighted by molar-refractivity contribution is 0.0945. The Morgan fingerprint density at radius 1 is 0.622 bits per heavy atom. The van der Waals surface area contributed by atoms with E-state index in [0.29, 0.717) is 25.9 Å². The summed E-state index contributed by atoms with van der Waals surface area (Å²) in [6, 6.07) is 25.0. The number of Topliss-reactive ketones (excluding diaryl/α,β-unsaturated/α-hetero) is 2. The number of sulfonamides is 1. The van der Waals surface area contributed by atoms with E-state index in [0.717, 1.165) is 11.1 Å². The maximum absolute atomic E-state index is 14.5. The van der Waals surface area contributed by atoms with E-state index in [1.807, 2.05) is 74.5 Å². The number of benzene rings is 3. The van der Waals surface area contributed by atoms with Gasteiger partial charge in [-0.15, -0.1) is 0 Å². The molecule has 0 spiro atoms. The Morgan fingerprint density at radius 3 is 1.51 bits per heavy atom. The van der Waals surface area contributed by atoms with Crippen molar-refractivity contribution in [3.05, 3.63) is 118 Å². The number of carbonyl (C=O) groups is 2. The largest absolute Gasteiger partial charge is 0.367 e. The van der Waals surface area contributed by atoms with Crippen LogP contribution in [-0.4, -0.2) is 42.3 Å². The molecule has 0 atom stereocenters. The number of hydrogen-bond acceptors (Lipinski definition) is 5. The molecular formula is C30H32N2O4S. The van der Waals surface area contributed by atoms with Crippen LogP contribution in [0.2, 0.25) is 0 Å². The fraction of sp³-hybridized carbons (Fsp3) is 0.267. The van der Waals surface area contributed by atoms with Crippen LogP contribution in [0.1, 0.15) is 58.5 Å². The third kappa shape index (κ3) is 5.58. The van der Waals surface area contributed by atoms with E-state index in [1.165, 1.54) is 10.4 Å². The Balaban J connectivity index is 1.91. The van der Waals surface area contributed by atoms with Gasteiger partial charge in [0.05, 0.1) is 0 Å². The van der Waals surface area contributed by atoms with Crippen LogP contribution in [0.15, 0.2) is 95.5 Å². The lowest BCUT2D eigenvalue weighted by Crippen LogP contribution is -2.41. The van der Waals surface area contributed by atoms with Gasteiger partial charge in [0, 0.05) is 37.3 Å². The Kier molecular flexibility index (Phi) is 8.36. The molecule has 0 aromatic heterocycles. The second kappa shape index (κ2) is 11.7. The summed E-state index contributed by atoms with van der Waals surface area (Å²) in [5.41, 5.74) is 1.94. The van der Waals surface area contributed by atoms with Crippen molar-refractivity contribution < 1.29 is 18.0 Å². The zero-order valence-electron chi connectivity index (χ0n) is 21.3. The van der Waals surface area contributed by atoms with Gasteiger partial charge in [-0.3, -0.25) is 9.59 Å². The smallest absolute Gasteiger partial charge is 0.249 e. The Hall–Kier alpha value is -3.55. The highest BCUT2D eigenvalue weighted by atomic mass is 32.2. The van der Waals surface area contributed by atoms with Crippen LogP contribution in [-0.2, 0) is 23.1 Å². The van der Waals surface area contributed by atoms with Gasteiger partial charge in [0.1, 0.15) is 5.70 Å². The van der Waals surface area contributed by atoms with Gasteiger partial charge in [0.15, 0.2) is 4.91 Å². The van der Waals surface area contributed by atoms with Crippen LogP contribution in [0, 0.1) is 0 Å². The molecule has 3 aromatic rings. The maximum Gasteiger partial charge on any atom is 0.249 e. The van der Waals surface area contributed by atoms with Crippen LogP contribution >= 0.6 is 0 Å². The highest BCUT2D eigenvalue weighted by molar-refractivity contribution is 7.94. The fourth-order valence-electron chi connectivity index (χ4n) is 4.67. The number of fused-ring (bicyclic) bond motifs is 1. The van der Waals surface area contributed by atoms with Crippen molar-refractivity contribution in [1.29, 1.82) is 0 Å². The predicted molar refractivity (Wildman–Crippen MR) is 145 cm³/mol. The number of rotatable bonds is 11. The molecule has 1 aliphatic rings. The second-order valence-electron chi connectivity index (χ2n) is 9.11. The minimum absolute atomic E-state index is 0.0153. The molecule has 7 heteroatoms. The van der Waals surface area contributed by atoms with Gasteiger partial charge in [-0.05, 0) is 24.0 Å². The van der Waals surface area contributed by atoms with Gasteiger partial charge >= 0.3 is 0 Å². The quantitative estimate of drug-likeness (QED) is 0.340. The van der Waals surface area contributed by atoms with E-state index in [9.17, 15) is 18.0 Å². The second-order valence-corrected chi connectivity index (χ2v) is 11.0. The molecule has 0 fully saturated rings. The summed E-state index contributed by atoms with van der Waals surface area (Å²) < 4.78 is 30.2. The summed E-state index contributed by atoms with van der Waals surface area (Å²) in [4.78, 5) is 29.1. The highest BCUT2D eigenvalue weighted by Crippen LogP contribution is 2.34. The normalized spacial score (nSPS) is 13.7. The molecule has 0 amide bonds. The van der Waals surface area contributed by atoms with Gasteiger partial charge in [-0.1, -0.05) is 98.8 Å². The molecule has 0 saturated heterocycles. The van der Waals surface area contributed by atoms with E-state index < -0.39 is 26.5 Å². The third-order valence-corrected chi connectivity index (χ3v) is 8.19. The molecule has 0 heterocycles. The van der Waals surface area contributed by atoms with Crippen molar-refractivity contribution in [1.82, 2.24) is 9.21 Å². The van der Waals surface area contributed by atoms with Crippen LogP contribution in [0.25, 0.3) is 0 Å². The Labute approximate surface area is 219 Å². The number of carbonyl (C=O) groups excluding carboxylic acids is 2. The van der Waals surface area contributed by atoms with Crippen molar-refractivity contribution in [3.63, 3.8) is 0 Å². The highest BCUT2D eigenvalue weighted by Gasteiger charge is 2.43. The van der Waals surface area contributed by atoms with Gasteiger partial charge in [0.25, 0.3) is 0 Å². The molecule has 1 aliphatic carbocycles. The van der Waals surface area contributed by atoms with Gasteiger partial charge in [-0.25, -0.2) is 8.42 Å². The predicted octanol–water partition coefficient (Wildman–Crippen LogP) is 5.43. The molecule has 4 rings (SSSR count). The average Bonchev–Trinajstić information content (AvgIpc) is 2.91. The molecule has 0 unspecified atom stereocenters. The first-order chi connectivity index (χ1) is 17.9. The van der Waals surface area contributed by atoms with E-state index >= 15 is 0 Å². The summed E-state index contributed by atoms with van der Waals surface area (Å²) in [5, 5.41) is 0. The molecule has 0 radical (unpaired) electrons. The molecule has 3 aromatic carbocycles. The van der Waals surface area contributed by atoms with E-state index in [4.69, 9.17) is 0 Å². The van der Waals surface area contributed by atoms with Crippen LogP contribution < -0.4 is 0 Å². The minimum Gasteiger partial charge on any atom is -0.367 e. The minimum atomic E-state index is -4.38. The Morgan fingerprint density at radius 2 is 1.05 bits per heavy atom. The zero-order valence-corrected chi connectivity index (χ0v) is 22.1. The van der Waals surface area contributed by atoms with Crippen molar-refractivity contribution in [3.8, 4) is 0 Å². The monoisotopic (exact) mass is 516 g/mol. The molecule has 6 nitrogen and oxygen atoms in total. The van der Waals surface area contributed by atoms with Gasteiger partial charge in [0.2, 0.25) is 21.6 Å². The van der Waals surface area contributed by atoms with Crippen LogP contribution in [0.3, 0.4) is 0 Å². The van der Waals surface area contributed by atoms with Gasteiger partial charge in [-0.2, -0.15) is 4.31 Å². The summed E-state index contributed by atoms with van der Waals surface area (Å²) in [7, 11) is -4.38. The van der Waals surface area contributed by atoms with Crippen molar-refractivity contribution in [2.45, 2.75) is 39.8 Å². The summed E-state index contributed by atoms with van der Waals surface area (Å²) in [6.07, 6.45) is 1.41. The zero-order chi connectivity index (χ0) is 26.4. The summed E-state index contributed by atoms with van der Waals surface area (Å²) in [5.74, 6) is -1.05. The standard InChI is InChI=1S/C30H32N2O4S/c1-3-19-31(20-4-2)27-28(33)25-17-11-12-18-26(25)29(34)30(27)37(35,36)32(21-23-13-7-5-8-14-23)22-24-15-9-6-10-16-24/h5-18H,3-4,19-22H2,1-2H3. The van der Waals surface area contributed by atoms with Crippen LogP contribution in [0.5, 0.6) is 0 Å². The lowest BCUT2D eigenvalue weighted by atomic mass is 9.91. The molecule has 0 N–H and O–H groups in total. The molecule has 0 bridgehead atoms. The van der Waals surface area contributed by atoms with E-state index in [-0.39, 0.29) is 29.9 Å². The van der Waals surface area contributed by atoms with Crippen molar-refractivity contribution in [2.24, 2.45) is 0 Å². The van der Waals surface area contributed by atoms with Crippen LogP contribution in [0.4, 0.5) is 0 Å². The molecule has 192 valence electrons. The molecule has 37 heavy (non-hydrogen) atoms. The Bertz CT molecular complexity index is 1350. The summed E-state index contributed by atoms with van der Waals surface area (Å²) in [6.45, 7) is 5.02. The number of nitrogens with zero attached hydrogens (tertiary/aromatic N) is 2. The van der Waals surface area contributed by atoms with Crippen molar-refractivity contribution >= 4 is 21.6 Å². The lowest BCUT2D eigenvalue weighted by Gasteiger charge is -2.33. The topological polar surface area (TPSA) is 74.8 Å². The summed E-state index contributed by atoms with van der Waals surface area (Å²) >= 11 is 0. The van der Waals surface area contributed by atoms with E-state index in [2.05, 4.69) is 0 Å². The number of hydrogen-bond donors (Lipinski definition) is 0. The first-order valence-corrected chi connectivity index (χ1v) is 14.1. The number of allylic oxidation sites excluding steroid dienone is 2. The first kappa shape index (κ1) is 26.5. The van der Waals surface area contributed by atoms with Gasteiger partial charge < -0.3 is 4.90 Å². The molecule has 0 saturated carbocycles. The van der Waals surface area contributed by atoms with Crippen molar-refractivity contribution in [2.75, 3.05) is 13.1 Å².